The Morgan fingerprint density at radius 3 is 2.37 bits per heavy atom. The summed E-state index contributed by atoms with van der Waals surface area (Å²) in [5.74, 6) is 1.83. The number of ether oxygens (including phenoxy) is 1. The van der Waals surface area contributed by atoms with Gasteiger partial charge in [-0.1, -0.05) is 30.3 Å². The molecule has 3 aromatic rings. The Bertz CT molecular complexity index is 1030. The zero-order valence-electron chi connectivity index (χ0n) is 17.0. The molecular formula is C24H24N4O2. The van der Waals surface area contributed by atoms with Crippen molar-refractivity contribution in [3.05, 3.63) is 71.7 Å². The Balaban J connectivity index is 1.43. The van der Waals surface area contributed by atoms with Gasteiger partial charge in [-0.25, -0.2) is 0 Å². The van der Waals surface area contributed by atoms with Crippen molar-refractivity contribution in [1.29, 1.82) is 5.26 Å². The molecule has 1 fully saturated rings. The van der Waals surface area contributed by atoms with E-state index in [1.807, 2.05) is 43.3 Å². The zero-order chi connectivity index (χ0) is 20.8. The van der Waals surface area contributed by atoms with Gasteiger partial charge in [0.25, 0.3) is 0 Å². The molecule has 0 spiro atoms. The predicted octanol–water partition coefficient (Wildman–Crippen LogP) is 4.44. The van der Waals surface area contributed by atoms with Crippen LogP contribution < -0.4 is 14.5 Å². The van der Waals surface area contributed by atoms with Gasteiger partial charge in [0.15, 0.2) is 0 Å². The van der Waals surface area contributed by atoms with Crippen LogP contribution >= 0.6 is 0 Å². The summed E-state index contributed by atoms with van der Waals surface area (Å²) in [7, 11) is 0. The van der Waals surface area contributed by atoms with Gasteiger partial charge in [-0.2, -0.15) is 10.2 Å². The average Bonchev–Trinajstić information content (AvgIpc) is 3.23. The summed E-state index contributed by atoms with van der Waals surface area (Å²) in [6.45, 7) is 5.90. The molecule has 4 rings (SSSR count). The fraction of sp³-hybridized carbons (Fsp3) is 0.250. The summed E-state index contributed by atoms with van der Waals surface area (Å²) in [6, 6.07) is 20.3. The monoisotopic (exact) mass is 400 g/mol. The topological polar surface area (TPSA) is 65.5 Å². The SMILES string of the molecule is CCOc1ccc(/C=C/c2nc(C#N)c(N3CCN(c4ccccc4)CC3)o2)cc1. The first-order valence-corrected chi connectivity index (χ1v) is 10.1. The summed E-state index contributed by atoms with van der Waals surface area (Å²) >= 11 is 0. The van der Waals surface area contributed by atoms with Gasteiger partial charge in [0, 0.05) is 37.9 Å². The molecule has 1 aliphatic heterocycles. The normalized spacial score (nSPS) is 14.1. The van der Waals surface area contributed by atoms with E-state index in [1.54, 1.807) is 6.08 Å². The number of hydrogen-bond acceptors (Lipinski definition) is 6. The zero-order valence-corrected chi connectivity index (χ0v) is 17.0. The molecule has 0 bridgehead atoms. The van der Waals surface area contributed by atoms with E-state index in [9.17, 15) is 5.26 Å². The van der Waals surface area contributed by atoms with Crippen LogP contribution in [0.3, 0.4) is 0 Å². The van der Waals surface area contributed by atoms with Crippen molar-refractivity contribution < 1.29 is 9.15 Å². The lowest BCUT2D eigenvalue weighted by molar-refractivity contribution is 0.340. The number of oxazole rings is 1. The van der Waals surface area contributed by atoms with Crippen molar-refractivity contribution in [2.75, 3.05) is 42.6 Å². The summed E-state index contributed by atoms with van der Waals surface area (Å²) in [5.41, 5.74) is 2.55. The molecule has 0 N–H and O–H groups in total. The van der Waals surface area contributed by atoms with Crippen LogP contribution in [0.15, 0.2) is 59.0 Å². The number of anilines is 2. The van der Waals surface area contributed by atoms with Gasteiger partial charge in [0.1, 0.15) is 11.8 Å². The number of aromatic nitrogens is 1. The Kier molecular flexibility index (Phi) is 6.00. The molecule has 0 saturated carbocycles. The molecule has 1 aromatic heterocycles. The minimum Gasteiger partial charge on any atom is -0.494 e. The second-order valence-corrected chi connectivity index (χ2v) is 6.96. The maximum atomic E-state index is 9.51. The van der Waals surface area contributed by atoms with Crippen molar-refractivity contribution in [2.24, 2.45) is 0 Å². The number of nitrogens with zero attached hydrogens (tertiary/aromatic N) is 4. The molecule has 1 saturated heterocycles. The lowest BCUT2D eigenvalue weighted by Gasteiger charge is -2.35. The molecule has 30 heavy (non-hydrogen) atoms. The van der Waals surface area contributed by atoms with Crippen LogP contribution in [0.2, 0.25) is 0 Å². The molecule has 2 heterocycles. The van der Waals surface area contributed by atoms with E-state index in [-0.39, 0.29) is 0 Å². The highest BCUT2D eigenvalue weighted by Gasteiger charge is 2.23. The van der Waals surface area contributed by atoms with Crippen LogP contribution in [0.5, 0.6) is 5.75 Å². The van der Waals surface area contributed by atoms with Crippen LogP contribution in [0, 0.1) is 11.3 Å². The second kappa shape index (κ2) is 9.19. The fourth-order valence-corrected chi connectivity index (χ4v) is 3.50. The first-order valence-electron chi connectivity index (χ1n) is 10.1. The number of piperazine rings is 1. The summed E-state index contributed by atoms with van der Waals surface area (Å²) in [4.78, 5) is 8.78. The van der Waals surface area contributed by atoms with Crippen molar-refractivity contribution in [3.63, 3.8) is 0 Å². The Labute approximate surface area is 176 Å². The number of rotatable bonds is 6. The molecule has 0 radical (unpaired) electrons. The standard InChI is InChI=1S/C24H24N4O2/c1-2-29-21-11-8-19(9-12-21)10-13-23-26-22(18-25)24(30-23)28-16-14-27(15-17-28)20-6-4-3-5-7-20/h3-13H,2,14-17H2,1H3/b13-10+. The van der Waals surface area contributed by atoms with Gasteiger partial charge in [0.2, 0.25) is 17.5 Å². The van der Waals surface area contributed by atoms with Crippen LogP contribution in [-0.2, 0) is 0 Å². The van der Waals surface area contributed by atoms with Gasteiger partial charge >= 0.3 is 0 Å². The fourth-order valence-electron chi connectivity index (χ4n) is 3.50. The van der Waals surface area contributed by atoms with E-state index < -0.39 is 0 Å². The summed E-state index contributed by atoms with van der Waals surface area (Å²) < 4.78 is 11.4. The molecule has 152 valence electrons. The van der Waals surface area contributed by atoms with Gasteiger partial charge in [-0.05, 0) is 42.8 Å². The lowest BCUT2D eigenvalue weighted by atomic mass is 10.2. The minimum absolute atomic E-state index is 0.328. The smallest absolute Gasteiger partial charge is 0.235 e. The first-order chi connectivity index (χ1) is 14.8. The number of hydrogen-bond donors (Lipinski definition) is 0. The quantitative estimate of drug-likeness (QED) is 0.609. The van der Waals surface area contributed by atoms with Crippen LogP contribution in [0.1, 0.15) is 24.1 Å². The largest absolute Gasteiger partial charge is 0.494 e. The highest BCUT2D eigenvalue weighted by molar-refractivity contribution is 5.67. The van der Waals surface area contributed by atoms with Crippen molar-refractivity contribution >= 4 is 23.7 Å². The Hall–Kier alpha value is -3.72. The number of nitriles is 1. The van der Waals surface area contributed by atoms with E-state index in [0.29, 0.717) is 24.1 Å². The Morgan fingerprint density at radius 1 is 1.00 bits per heavy atom. The summed E-state index contributed by atoms with van der Waals surface area (Å²) in [6.07, 6.45) is 3.71. The average molecular weight is 400 g/mol. The highest BCUT2D eigenvalue weighted by Crippen LogP contribution is 2.25. The van der Waals surface area contributed by atoms with Crippen molar-refractivity contribution in [3.8, 4) is 11.8 Å². The van der Waals surface area contributed by atoms with E-state index in [4.69, 9.17) is 9.15 Å². The predicted molar refractivity (Wildman–Crippen MR) is 119 cm³/mol. The molecule has 6 heteroatoms. The van der Waals surface area contributed by atoms with Crippen molar-refractivity contribution in [2.45, 2.75) is 6.92 Å². The molecule has 0 unspecified atom stereocenters. The van der Waals surface area contributed by atoms with Gasteiger partial charge in [-0.15, -0.1) is 0 Å². The molecule has 2 aromatic carbocycles. The third-order valence-corrected chi connectivity index (χ3v) is 5.03. The summed E-state index contributed by atoms with van der Waals surface area (Å²) in [5, 5.41) is 9.51. The molecular weight excluding hydrogens is 376 g/mol. The van der Waals surface area contributed by atoms with E-state index in [0.717, 1.165) is 37.5 Å². The third kappa shape index (κ3) is 4.47. The van der Waals surface area contributed by atoms with Gasteiger partial charge < -0.3 is 19.0 Å². The van der Waals surface area contributed by atoms with E-state index >= 15 is 0 Å². The van der Waals surface area contributed by atoms with Crippen LogP contribution in [0.25, 0.3) is 12.2 Å². The lowest BCUT2D eigenvalue weighted by Crippen LogP contribution is -2.46. The van der Waals surface area contributed by atoms with Crippen molar-refractivity contribution in [1.82, 2.24) is 4.98 Å². The van der Waals surface area contributed by atoms with Gasteiger partial charge in [-0.3, -0.25) is 0 Å². The minimum atomic E-state index is 0.328. The van der Waals surface area contributed by atoms with Gasteiger partial charge in [0.05, 0.1) is 6.61 Å². The Morgan fingerprint density at radius 2 is 1.70 bits per heavy atom. The highest BCUT2D eigenvalue weighted by atomic mass is 16.5. The van der Waals surface area contributed by atoms with E-state index in [2.05, 4.69) is 45.1 Å². The molecule has 0 atom stereocenters. The van der Waals surface area contributed by atoms with E-state index in [1.165, 1.54) is 5.69 Å². The first kappa shape index (κ1) is 19.6. The second-order valence-electron chi connectivity index (χ2n) is 6.96. The molecule has 6 nitrogen and oxygen atoms in total. The van der Waals surface area contributed by atoms with Crippen LogP contribution in [0.4, 0.5) is 11.6 Å². The molecule has 0 aliphatic carbocycles. The molecule has 0 amide bonds. The van der Waals surface area contributed by atoms with Crippen LogP contribution in [-0.4, -0.2) is 37.8 Å². The number of benzene rings is 2. The molecule has 1 aliphatic rings. The maximum absolute atomic E-state index is 9.51. The third-order valence-electron chi connectivity index (χ3n) is 5.03. The maximum Gasteiger partial charge on any atom is 0.235 e. The number of para-hydroxylation sites is 1.